The highest BCUT2D eigenvalue weighted by molar-refractivity contribution is 7.12. The van der Waals surface area contributed by atoms with Gasteiger partial charge in [-0.1, -0.05) is 32.0 Å². The molecule has 2 aromatic rings. The van der Waals surface area contributed by atoms with Gasteiger partial charge in [-0.25, -0.2) is 0 Å². The number of likely N-dealkylation sites (tertiary alicyclic amines) is 1. The molecule has 132 valence electrons. The highest BCUT2D eigenvalue weighted by Crippen LogP contribution is 2.24. The van der Waals surface area contributed by atoms with Crippen LogP contribution in [0.1, 0.15) is 54.3 Å². The van der Waals surface area contributed by atoms with Crippen molar-refractivity contribution in [3.63, 3.8) is 0 Å². The maximum absolute atomic E-state index is 12.8. The smallest absolute Gasteiger partial charge is 0.264 e. The average molecular weight is 356 g/mol. The Morgan fingerprint density at radius 2 is 2.04 bits per heavy atom. The Kier molecular flexibility index (Phi) is 5.53. The molecule has 3 rings (SSSR count). The van der Waals surface area contributed by atoms with Crippen molar-refractivity contribution < 1.29 is 9.59 Å². The van der Waals surface area contributed by atoms with Crippen molar-refractivity contribution >= 4 is 28.8 Å². The molecule has 1 aliphatic heterocycles. The van der Waals surface area contributed by atoms with Crippen LogP contribution in [-0.2, 0) is 4.79 Å². The van der Waals surface area contributed by atoms with Crippen LogP contribution in [0.3, 0.4) is 0 Å². The highest BCUT2D eigenvalue weighted by atomic mass is 32.1. The molecule has 0 bridgehead atoms. The summed E-state index contributed by atoms with van der Waals surface area (Å²) in [5.74, 6) is 0.278. The summed E-state index contributed by atoms with van der Waals surface area (Å²) in [5, 5.41) is 4.90. The second-order valence-corrected chi connectivity index (χ2v) is 7.70. The summed E-state index contributed by atoms with van der Waals surface area (Å²) in [6.45, 7) is 4.90. The molecule has 1 aromatic carbocycles. The number of hydrogen-bond acceptors (Lipinski definition) is 3. The Labute approximate surface area is 152 Å². The molecular formula is C20H24N2O2S. The molecule has 4 nitrogen and oxygen atoms in total. The van der Waals surface area contributed by atoms with E-state index in [4.69, 9.17) is 0 Å². The summed E-state index contributed by atoms with van der Waals surface area (Å²) in [6, 6.07) is 11.2. The first-order chi connectivity index (χ1) is 12.1. The summed E-state index contributed by atoms with van der Waals surface area (Å²) >= 11 is 1.42. The third-order valence-electron chi connectivity index (χ3n) is 4.62. The van der Waals surface area contributed by atoms with Gasteiger partial charge in [0.15, 0.2) is 0 Å². The number of nitrogens with one attached hydrogen (secondary N) is 1. The number of thiophene rings is 1. The lowest BCUT2D eigenvalue weighted by atomic mass is 10.00. The van der Waals surface area contributed by atoms with E-state index in [1.807, 2.05) is 35.7 Å². The zero-order valence-electron chi connectivity index (χ0n) is 14.7. The van der Waals surface area contributed by atoms with Crippen LogP contribution >= 0.6 is 11.3 Å². The number of amides is 2. The molecule has 2 amide bonds. The van der Waals surface area contributed by atoms with Gasteiger partial charge < -0.3 is 10.2 Å². The number of benzene rings is 1. The van der Waals surface area contributed by atoms with E-state index in [9.17, 15) is 9.59 Å². The van der Waals surface area contributed by atoms with Crippen molar-refractivity contribution in [2.45, 2.75) is 45.1 Å². The average Bonchev–Trinajstić information content (AvgIpc) is 3.16. The van der Waals surface area contributed by atoms with Gasteiger partial charge in [-0.2, -0.15) is 0 Å². The SMILES string of the molecule is CC(C)c1cccc(NC(=O)[C@@H]2CCCCN2C(=O)c2cccs2)c1. The van der Waals surface area contributed by atoms with Crippen molar-refractivity contribution in [1.29, 1.82) is 0 Å². The third kappa shape index (κ3) is 4.10. The van der Waals surface area contributed by atoms with Gasteiger partial charge in [-0.3, -0.25) is 9.59 Å². The van der Waals surface area contributed by atoms with E-state index in [-0.39, 0.29) is 11.8 Å². The Bertz CT molecular complexity index is 740. The van der Waals surface area contributed by atoms with Gasteiger partial charge in [0.05, 0.1) is 4.88 Å². The Morgan fingerprint density at radius 1 is 1.20 bits per heavy atom. The number of nitrogens with zero attached hydrogens (tertiary/aromatic N) is 1. The molecule has 1 aliphatic rings. The number of hydrogen-bond donors (Lipinski definition) is 1. The molecule has 25 heavy (non-hydrogen) atoms. The molecule has 1 aromatic heterocycles. The van der Waals surface area contributed by atoms with Crippen LogP contribution < -0.4 is 5.32 Å². The minimum absolute atomic E-state index is 0.0363. The summed E-state index contributed by atoms with van der Waals surface area (Å²) in [6.07, 6.45) is 2.63. The van der Waals surface area contributed by atoms with E-state index >= 15 is 0 Å². The van der Waals surface area contributed by atoms with Gasteiger partial charge >= 0.3 is 0 Å². The predicted molar refractivity (Wildman–Crippen MR) is 102 cm³/mol. The molecule has 1 fully saturated rings. The quantitative estimate of drug-likeness (QED) is 0.876. The Hall–Kier alpha value is -2.14. The van der Waals surface area contributed by atoms with Gasteiger partial charge in [0.25, 0.3) is 5.91 Å². The van der Waals surface area contributed by atoms with Crippen molar-refractivity contribution in [3.8, 4) is 0 Å². The summed E-state index contributed by atoms with van der Waals surface area (Å²) in [5.41, 5.74) is 1.98. The lowest BCUT2D eigenvalue weighted by Gasteiger charge is -2.34. The van der Waals surface area contributed by atoms with Crippen LogP contribution in [0.25, 0.3) is 0 Å². The van der Waals surface area contributed by atoms with Gasteiger partial charge in [0.1, 0.15) is 6.04 Å². The van der Waals surface area contributed by atoms with Crippen molar-refractivity contribution in [1.82, 2.24) is 4.90 Å². The van der Waals surface area contributed by atoms with Crippen molar-refractivity contribution in [3.05, 3.63) is 52.2 Å². The normalized spacial score (nSPS) is 17.6. The lowest BCUT2D eigenvalue weighted by Crippen LogP contribution is -2.49. The van der Waals surface area contributed by atoms with E-state index in [2.05, 4.69) is 25.2 Å². The summed E-state index contributed by atoms with van der Waals surface area (Å²) in [7, 11) is 0. The minimum Gasteiger partial charge on any atom is -0.326 e. The minimum atomic E-state index is -0.397. The maximum Gasteiger partial charge on any atom is 0.264 e. The van der Waals surface area contributed by atoms with Crippen LogP contribution in [0, 0.1) is 0 Å². The predicted octanol–water partition coefficient (Wildman–Crippen LogP) is 4.50. The van der Waals surface area contributed by atoms with Crippen molar-refractivity contribution in [2.75, 3.05) is 11.9 Å². The molecule has 2 heterocycles. The zero-order chi connectivity index (χ0) is 17.8. The van der Waals surface area contributed by atoms with Crippen LogP contribution in [0.5, 0.6) is 0 Å². The topological polar surface area (TPSA) is 49.4 Å². The second-order valence-electron chi connectivity index (χ2n) is 6.76. The number of piperidine rings is 1. The van der Waals surface area contributed by atoms with Crippen LogP contribution in [0.2, 0.25) is 0 Å². The van der Waals surface area contributed by atoms with Gasteiger partial charge in [-0.15, -0.1) is 11.3 Å². The van der Waals surface area contributed by atoms with E-state index in [0.29, 0.717) is 23.8 Å². The van der Waals surface area contributed by atoms with Crippen LogP contribution in [-0.4, -0.2) is 29.3 Å². The molecule has 1 atom stereocenters. The number of rotatable bonds is 4. The van der Waals surface area contributed by atoms with Gasteiger partial charge in [0.2, 0.25) is 5.91 Å². The first-order valence-corrected chi connectivity index (χ1v) is 9.69. The van der Waals surface area contributed by atoms with Crippen LogP contribution in [0.4, 0.5) is 5.69 Å². The highest BCUT2D eigenvalue weighted by Gasteiger charge is 2.33. The molecule has 1 saturated heterocycles. The standard InChI is InChI=1S/C20H24N2O2S/c1-14(2)15-7-5-8-16(13-15)21-19(23)17-9-3-4-11-22(17)20(24)18-10-6-12-25-18/h5-8,10,12-14,17H,3-4,9,11H2,1-2H3,(H,21,23)/t17-/m0/s1. The van der Waals surface area contributed by atoms with E-state index in [0.717, 1.165) is 18.5 Å². The maximum atomic E-state index is 12.8. The van der Waals surface area contributed by atoms with E-state index in [1.165, 1.54) is 16.9 Å². The molecule has 0 saturated carbocycles. The number of anilines is 1. The largest absolute Gasteiger partial charge is 0.326 e. The number of carbonyl (C=O) groups excluding carboxylic acids is 2. The van der Waals surface area contributed by atoms with E-state index < -0.39 is 6.04 Å². The lowest BCUT2D eigenvalue weighted by molar-refractivity contribution is -0.121. The second kappa shape index (κ2) is 7.83. The molecular weight excluding hydrogens is 332 g/mol. The molecule has 1 N–H and O–H groups in total. The molecule has 0 unspecified atom stereocenters. The fourth-order valence-corrected chi connectivity index (χ4v) is 3.87. The monoisotopic (exact) mass is 356 g/mol. The first-order valence-electron chi connectivity index (χ1n) is 8.81. The fourth-order valence-electron chi connectivity index (χ4n) is 3.19. The third-order valence-corrected chi connectivity index (χ3v) is 5.48. The molecule has 0 aliphatic carbocycles. The number of carbonyl (C=O) groups is 2. The molecule has 0 spiro atoms. The van der Waals surface area contributed by atoms with Crippen molar-refractivity contribution in [2.24, 2.45) is 0 Å². The van der Waals surface area contributed by atoms with Gasteiger partial charge in [-0.05, 0) is 54.3 Å². The Morgan fingerprint density at radius 3 is 2.76 bits per heavy atom. The Balaban J connectivity index is 1.75. The summed E-state index contributed by atoms with van der Waals surface area (Å²) in [4.78, 5) is 28.0. The van der Waals surface area contributed by atoms with Crippen LogP contribution in [0.15, 0.2) is 41.8 Å². The van der Waals surface area contributed by atoms with E-state index in [1.54, 1.807) is 4.90 Å². The molecule has 0 radical (unpaired) electrons. The summed E-state index contributed by atoms with van der Waals surface area (Å²) < 4.78 is 0. The zero-order valence-corrected chi connectivity index (χ0v) is 15.5. The molecule has 5 heteroatoms. The fraction of sp³-hybridized carbons (Fsp3) is 0.400. The van der Waals surface area contributed by atoms with Gasteiger partial charge in [0, 0.05) is 12.2 Å². The first kappa shape index (κ1) is 17.7.